The molecule has 38 heavy (non-hydrogen) atoms. The normalized spacial score (nSPS) is 10.5. The van der Waals surface area contributed by atoms with Crippen LogP contribution in [0.5, 0.6) is 0 Å². The van der Waals surface area contributed by atoms with Crippen LogP contribution in [-0.2, 0) is 33.3 Å². The van der Waals surface area contributed by atoms with Crippen molar-refractivity contribution in [3.8, 4) is 0 Å². The quantitative estimate of drug-likeness (QED) is 0.203. The van der Waals surface area contributed by atoms with Crippen molar-refractivity contribution in [1.82, 2.24) is 0 Å². The van der Waals surface area contributed by atoms with Crippen molar-refractivity contribution in [2.45, 2.75) is 20.8 Å². The number of carboxylic acid groups (broad SMARTS) is 2. The SMILES string of the molecule is C=C(C)C(=O)OCC(COC(=O)C(=C)C)(COC(=O)C(=C)C)COC(=O)c1cccc(C(=O)O)c1C(=O)O. The maximum absolute atomic E-state index is 12.9. The number of rotatable bonds is 14. The molecule has 0 aliphatic rings. The van der Waals surface area contributed by atoms with E-state index in [1.807, 2.05) is 0 Å². The molecule has 0 amide bonds. The minimum atomic E-state index is -1.69. The Morgan fingerprint density at radius 1 is 0.658 bits per heavy atom. The van der Waals surface area contributed by atoms with E-state index in [2.05, 4.69) is 19.7 Å². The number of hydrogen-bond donors (Lipinski definition) is 2. The zero-order valence-electron chi connectivity index (χ0n) is 21.2. The summed E-state index contributed by atoms with van der Waals surface area (Å²) in [5.41, 5.74) is -3.67. The predicted octanol–water partition coefficient (Wildman–Crippen LogP) is 2.58. The molecule has 0 aliphatic carbocycles. The Morgan fingerprint density at radius 3 is 1.37 bits per heavy atom. The first-order valence-corrected chi connectivity index (χ1v) is 10.9. The van der Waals surface area contributed by atoms with E-state index in [0.717, 1.165) is 18.2 Å². The van der Waals surface area contributed by atoms with Gasteiger partial charge in [0.15, 0.2) is 0 Å². The second-order valence-corrected chi connectivity index (χ2v) is 8.48. The van der Waals surface area contributed by atoms with Crippen LogP contribution in [0.4, 0.5) is 0 Å². The number of carboxylic acids is 2. The second kappa shape index (κ2) is 13.5. The van der Waals surface area contributed by atoms with Gasteiger partial charge in [0.1, 0.15) is 31.8 Å². The highest BCUT2D eigenvalue weighted by molar-refractivity contribution is 6.09. The highest BCUT2D eigenvalue weighted by Gasteiger charge is 2.39. The molecule has 0 bridgehead atoms. The molecule has 0 saturated carbocycles. The molecule has 204 valence electrons. The van der Waals surface area contributed by atoms with Gasteiger partial charge in [0.05, 0.1) is 16.7 Å². The van der Waals surface area contributed by atoms with Gasteiger partial charge >= 0.3 is 35.8 Å². The van der Waals surface area contributed by atoms with Crippen molar-refractivity contribution < 1.29 is 57.9 Å². The molecular formula is C26H28O12. The van der Waals surface area contributed by atoms with Crippen LogP contribution in [0.3, 0.4) is 0 Å². The van der Waals surface area contributed by atoms with Crippen LogP contribution in [-0.4, -0.2) is 72.5 Å². The van der Waals surface area contributed by atoms with Crippen molar-refractivity contribution in [1.29, 1.82) is 0 Å². The molecule has 0 fully saturated rings. The van der Waals surface area contributed by atoms with Crippen LogP contribution in [0.15, 0.2) is 54.7 Å². The first kappa shape index (κ1) is 31.3. The molecule has 1 aromatic rings. The molecule has 0 aromatic heterocycles. The minimum Gasteiger partial charge on any atom is -0.478 e. The number of aromatic carboxylic acids is 2. The molecule has 12 heteroatoms. The summed E-state index contributed by atoms with van der Waals surface area (Å²) >= 11 is 0. The highest BCUT2D eigenvalue weighted by atomic mass is 16.6. The Hall–Kier alpha value is -4.74. The van der Waals surface area contributed by atoms with E-state index in [-0.39, 0.29) is 16.7 Å². The number of hydrogen-bond acceptors (Lipinski definition) is 10. The monoisotopic (exact) mass is 532 g/mol. The largest absolute Gasteiger partial charge is 0.478 e. The van der Waals surface area contributed by atoms with Gasteiger partial charge in [0, 0.05) is 16.7 Å². The molecule has 0 unspecified atom stereocenters. The van der Waals surface area contributed by atoms with E-state index in [1.165, 1.54) is 20.8 Å². The number of esters is 4. The topological polar surface area (TPSA) is 180 Å². The van der Waals surface area contributed by atoms with Gasteiger partial charge in [-0.15, -0.1) is 0 Å². The van der Waals surface area contributed by atoms with Crippen LogP contribution in [0, 0.1) is 5.41 Å². The Balaban J connectivity index is 3.43. The zero-order valence-corrected chi connectivity index (χ0v) is 21.2. The molecule has 1 rings (SSSR count). The lowest BCUT2D eigenvalue weighted by atomic mass is 9.91. The van der Waals surface area contributed by atoms with E-state index in [4.69, 9.17) is 18.9 Å². The lowest BCUT2D eigenvalue weighted by Crippen LogP contribution is -2.44. The van der Waals surface area contributed by atoms with Gasteiger partial charge in [0.25, 0.3) is 0 Å². The Morgan fingerprint density at radius 2 is 1.03 bits per heavy atom. The first-order valence-electron chi connectivity index (χ1n) is 10.9. The van der Waals surface area contributed by atoms with Gasteiger partial charge in [-0.05, 0) is 32.9 Å². The summed E-state index contributed by atoms with van der Waals surface area (Å²) in [6, 6.07) is 3.19. The minimum absolute atomic E-state index is 0.0188. The maximum Gasteiger partial charge on any atom is 0.339 e. The summed E-state index contributed by atoms with van der Waals surface area (Å²) in [6.07, 6.45) is 0. The lowest BCUT2D eigenvalue weighted by Gasteiger charge is -2.31. The van der Waals surface area contributed by atoms with E-state index in [0.29, 0.717) is 0 Å². The van der Waals surface area contributed by atoms with Crippen molar-refractivity contribution in [3.05, 3.63) is 71.3 Å². The summed E-state index contributed by atoms with van der Waals surface area (Å²) in [5.74, 6) is -7.07. The third kappa shape index (κ3) is 8.73. The summed E-state index contributed by atoms with van der Waals surface area (Å²) < 4.78 is 20.8. The molecule has 0 atom stereocenters. The molecule has 0 aliphatic heterocycles. The average Bonchev–Trinajstić information content (AvgIpc) is 2.85. The molecule has 0 saturated heterocycles. The standard InChI is InChI=1S/C26H28O12/c1-14(2)22(31)35-10-26(11-36-23(32)15(3)4,12-37-24(33)16(5)6)13-38-25(34)18-9-7-8-17(20(27)28)19(18)21(29)30/h7-9H,1,3,5,10-13H2,2,4,6H3,(H,27,28)(H,29,30). The van der Waals surface area contributed by atoms with Crippen LogP contribution in [0.1, 0.15) is 51.8 Å². The number of carbonyl (C=O) groups is 6. The second-order valence-electron chi connectivity index (χ2n) is 8.48. The van der Waals surface area contributed by atoms with Gasteiger partial charge in [0.2, 0.25) is 0 Å². The van der Waals surface area contributed by atoms with Crippen LogP contribution in [0.2, 0.25) is 0 Å². The van der Waals surface area contributed by atoms with E-state index >= 15 is 0 Å². The molecular weight excluding hydrogens is 504 g/mol. The highest BCUT2D eigenvalue weighted by Crippen LogP contribution is 2.24. The third-order valence-electron chi connectivity index (χ3n) is 4.81. The van der Waals surface area contributed by atoms with E-state index in [1.54, 1.807) is 0 Å². The Labute approximate surface area is 218 Å². The fourth-order valence-corrected chi connectivity index (χ4v) is 2.70. The first-order chi connectivity index (χ1) is 17.6. The molecule has 0 spiro atoms. The van der Waals surface area contributed by atoms with Gasteiger partial charge in [-0.25, -0.2) is 28.8 Å². The van der Waals surface area contributed by atoms with Gasteiger partial charge in [-0.1, -0.05) is 25.8 Å². The number of benzene rings is 1. The fourth-order valence-electron chi connectivity index (χ4n) is 2.70. The summed E-state index contributed by atoms with van der Waals surface area (Å²) in [5, 5.41) is 18.8. The van der Waals surface area contributed by atoms with E-state index in [9.17, 15) is 39.0 Å². The number of ether oxygens (including phenoxy) is 4. The number of carbonyl (C=O) groups excluding carboxylic acids is 4. The maximum atomic E-state index is 12.9. The fraction of sp³-hybridized carbons (Fsp3) is 0.308. The van der Waals surface area contributed by atoms with Crippen LogP contribution >= 0.6 is 0 Å². The van der Waals surface area contributed by atoms with Crippen molar-refractivity contribution in [2.24, 2.45) is 5.41 Å². The molecule has 2 N–H and O–H groups in total. The third-order valence-corrected chi connectivity index (χ3v) is 4.81. The van der Waals surface area contributed by atoms with E-state index < -0.39 is 84.3 Å². The predicted molar refractivity (Wildman–Crippen MR) is 130 cm³/mol. The van der Waals surface area contributed by atoms with Crippen LogP contribution < -0.4 is 0 Å². The van der Waals surface area contributed by atoms with Gasteiger partial charge in [-0.2, -0.15) is 0 Å². The molecule has 1 aromatic carbocycles. The zero-order chi connectivity index (χ0) is 29.2. The van der Waals surface area contributed by atoms with Crippen LogP contribution in [0.25, 0.3) is 0 Å². The summed E-state index contributed by atoms with van der Waals surface area (Å²) in [6.45, 7) is 12.0. The average molecular weight is 532 g/mol. The Bertz CT molecular complexity index is 1120. The summed E-state index contributed by atoms with van der Waals surface area (Å²) in [4.78, 5) is 72.2. The molecule has 0 radical (unpaired) electrons. The van der Waals surface area contributed by atoms with Crippen molar-refractivity contribution in [2.75, 3.05) is 26.4 Å². The molecule has 12 nitrogen and oxygen atoms in total. The van der Waals surface area contributed by atoms with Crippen molar-refractivity contribution in [3.63, 3.8) is 0 Å². The van der Waals surface area contributed by atoms with Crippen molar-refractivity contribution >= 4 is 35.8 Å². The Kier molecular flexibility index (Phi) is 11.1. The lowest BCUT2D eigenvalue weighted by molar-refractivity contribution is -0.160. The smallest absolute Gasteiger partial charge is 0.339 e. The molecule has 0 heterocycles. The van der Waals surface area contributed by atoms with Gasteiger partial charge in [-0.3, -0.25) is 0 Å². The summed E-state index contributed by atoms with van der Waals surface area (Å²) in [7, 11) is 0. The van der Waals surface area contributed by atoms with Gasteiger partial charge < -0.3 is 29.2 Å².